The van der Waals surface area contributed by atoms with Crippen LogP contribution < -0.4 is 19.5 Å². The van der Waals surface area contributed by atoms with Crippen LogP contribution in [0.5, 0.6) is 11.5 Å². The van der Waals surface area contributed by atoms with Gasteiger partial charge in [0.05, 0.1) is 25.2 Å². The van der Waals surface area contributed by atoms with Crippen LogP contribution in [-0.2, 0) is 14.8 Å². The van der Waals surface area contributed by atoms with E-state index in [1.807, 2.05) is 20.8 Å². The second-order valence-electron chi connectivity index (χ2n) is 8.60. The summed E-state index contributed by atoms with van der Waals surface area (Å²) in [5.74, 6) is 0.0479. The summed E-state index contributed by atoms with van der Waals surface area (Å²) in [5.41, 5.74) is 0.710. The Hall–Kier alpha value is -2.65. The van der Waals surface area contributed by atoms with E-state index >= 15 is 0 Å². The number of carbonyl (C=O) groups excluding carboxylic acids is 1. The Bertz CT molecular complexity index is 1020. The maximum absolute atomic E-state index is 13.3. The molecule has 0 saturated heterocycles. The Morgan fingerprint density at radius 3 is 2.22 bits per heavy atom. The summed E-state index contributed by atoms with van der Waals surface area (Å²) in [7, 11) is -0.957. The van der Waals surface area contributed by atoms with Gasteiger partial charge in [-0.15, -0.1) is 0 Å². The van der Waals surface area contributed by atoms with E-state index in [2.05, 4.69) is 10.0 Å². The zero-order valence-electron chi connectivity index (χ0n) is 19.1. The van der Waals surface area contributed by atoms with Crippen LogP contribution in [0.1, 0.15) is 45.2 Å². The van der Waals surface area contributed by atoms with E-state index in [-0.39, 0.29) is 46.8 Å². The van der Waals surface area contributed by atoms with Gasteiger partial charge in [0, 0.05) is 19.0 Å². The molecule has 176 valence electrons. The molecule has 0 aromatic heterocycles. The summed E-state index contributed by atoms with van der Waals surface area (Å²) in [6.45, 7) is 6.07. The lowest BCUT2D eigenvalue weighted by molar-refractivity contribution is -0.121. The smallest absolute Gasteiger partial charge is 0.240 e. The molecule has 0 aliphatic rings. The van der Waals surface area contributed by atoms with Crippen molar-refractivity contribution in [3.05, 3.63) is 53.8 Å². The standard InChI is InChI=1S/C23H31FN2O5S/c1-23(2,3)15-19(16-6-8-17(24)9-7-16)26-22(27)12-13-25-32(28,29)18-10-11-20(30-4)21(14-18)31-5/h6-11,14,19,25H,12-13,15H2,1-5H3,(H,26,27). The third kappa shape index (κ3) is 7.49. The molecule has 0 spiro atoms. The Balaban J connectivity index is 2.01. The normalized spacial score (nSPS) is 12.8. The largest absolute Gasteiger partial charge is 0.493 e. The van der Waals surface area contributed by atoms with E-state index in [1.54, 1.807) is 12.1 Å². The fourth-order valence-electron chi connectivity index (χ4n) is 3.19. The number of nitrogens with one attached hydrogen (secondary N) is 2. The summed E-state index contributed by atoms with van der Waals surface area (Å²) in [4.78, 5) is 12.5. The van der Waals surface area contributed by atoms with Gasteiger partial charge in [0.25, 0.3) is 0 Å². The van der Waals surface area contributed by atoms with Crippen LogP contribution in [0.25, 0.3) is 0 Å². The number of methoxy groups -OCH3 is 2. The van der Waals surface area contributed by atoms with Gasteiger partial charge in [0.15, 0.2) is 11.5 Å². The second kappa shape index (κ2) is 10.8. The minimum absolute atomic E-state index is 0.00693. The number of amides is 1. The molecule has 1 amide bonds. The number of benzene rings is 2. The predicted molar refractivity (Wildman–Crippen MR) is 121 cm³/mol. The monoisotopic (exact) mass is 466 g/mol. The van der Waals surface area contributed by atoms with E-state index in [9.17, 15) is 17.6 Å². The van der Waals surface area contributed by atoms with E-state index in [0.717, 1.165) is 5.56 Å². The molecule has 2 aromatic rings. The molecule has 0 heterocycles. The highest BCUT2D eigenvalue weighted by molar-refractivity contribution is 7.89. The highest BCUT2D eigenvalue weighted by Crippen LogP contribution is 2.30. The van der Waals surface area contributed by atoms with Crippen LogP contribution >= 0.6 is 0 Å². The molecule has 32 heavy (non-hydrogen) atoms. The lowest BCUT2D eigenvalue weighted by atomic mass is 9.85. The SMILES string of the molecule is COc1ccc(S(=O)(=O)NCCC(=O)NC(CC(C)(C)C)c2ccc(F)cc2)cc1OC. The number of sulfonamides is 1. The molecule has 0 bridgehead atoms. The number of hydrogen-bond donors (Lipinski definition) is 2. The molecule has 2 aromatic carbocycles. The maximum Gasteiger partial charge on any atom is 0.240 e. The molecule has 0 fully saturated rings. The van der Waals surface area contributed by atoms with Crippen LogP contribution in [0.2, 0.25) is 0 Å². The summed E-state index contributed by atoms with van der Waals surface area (Å²) >= 11 is 0. The summed E-state index contributed by atoms with van der Waals surface area (Å²) in [6.07, 6.45) is 0.593. The number of halogens is 1. The first-order chi connectivity index (χ1) is 14.9. The van der Waals surface area contributed by atoms with Crippen LogP contribution in [0.3, 0.4) is 0 Å². The average molecular weight is 467 g/mol. The first kappa shape index (κ1) is 25.6. The lowest BCUT2D eigenvalue weighted by Crippen LogP contribution is -2.34. The minimum atomic E-state index is -3.83. The first-order valence-electron chi connectivity index (χ1n) is 10.2. The van der Waals surface area contributed by atoms with Gasteiger partial charge in [-0.25, -0.2) is 17.5 Å². The van der Waals surface area contributed by atoms with Gasteiger partial charge in [-0.1, -0.05) is 32.9 Å². The second-order valence-corrected chi connectivity index (χ2v) is 10.4. The van der Waals surface area contributed by atoms with Crippen molar-refractivity contribution >= 4 is 15.9 Å². The van der Waals surface area contributed by atoms with Gasteiger partial charge in [0.2, 0.25) is 15.9 Å². The van der Waals surface area contributed by atoms with Crippen LogP contribution in [0, 0.1) is 11.2 Å². The van der Waals surface area contributed by atoms with Crippen molar-refractivity contribution in [2.24, 2.45) is 5.41 Å². The molecule has 0 aliphatic carbocycles. The summed E-state index contributed by atoms with van der Waals surface area (Å²) < 4.78 is 51.1. The molecule has 0 saturated carbocycles. The first-order valence-corrected chi connectivity index (χ1v) is 11.7. The van der Waals surface area contributed by atoms with Gasteiger partial charge < -0.3 is 14.8 Å². The molecule has 2 N–H and O–H groups in total. The fourth-order valence-corrected chi connectivity index (χ4v) is 4.24. The fraction of sp³-hybridized carbons (Fsp3) is 0.435. The van der Waals surface area contributed by atoms with E-state index in [4.69, 9.17) is 9.47 Å². The van der Waals surface area contributed by atoms with Crippen LogP contribution in [0.4, 0.5) is 4.39 Å². The quantitative estimate of drug-likeness (QED) is 0.555. The van der Waals surface area contributed by atoms with Crippen LogP contribution in [0.15, 0.2) is 47.4 Å². The third-order valence-corrected chi connectivity index (χ3v) is 6.19. The molecular weight excluding hydrogens is 435 g/mol. The number of carbonyl (C=O) groups is 1. The molecule has 0 radical (unpaired) electrons. The minimum Gasteiger partial charge on any atom is -0.493 e. The summed E-state index contributed by atoms with van der Waals surface area (Å²) in [5, 5.41) is 2.94. The van der Waals surface area contributed by atoms with Crippen molar-refractivity contribution < 1.29 is 27.1 Å². The Morgan fingerprint density at radius 2 is 1.66 bits per heavy atom. The van der Waals surface area contributed by atoms with Gasteiger partial charge in [-0.05, 0) is 41.7 Å². The predicted octanol–water partition coefficient (Wildman–Crippen LogP) is 3.81. The third-order valence-electron chi connectivity index (χ3n) is 4.73. The van der Waals surface area contributed by atoms with E-state index in [0.29, 0.717) is 12.2 Å². The van der Waals surface area contributed by atoms with Crippen molar-refractivity contribution in [1.29, 1.82) is 0 Å². The van der Waals surface area contributed by atoms with Crippen molar-refractivity contribution in [2.45, 2.75) is 44.6 Å². The van der Waals surface area contributed by atoms with Gasteiger partial charge in [0.1, 0.15) is 5.82 Å². The topological polar surface area (TPSA) is 93.7 Å². The Kier molecular flexibility index (Phi) is 8.63. The van der Waals surface area contributed by atoms with Crippen LogP contribution in [-0.4, -0.2) is 35.1 Å². The zero-order valence-corrected chi connectivity index (χ0v) is 19.9. The summed E-state index contributed by atoms with van der Waals surface area (Å²) in [6, 6.07) is 9.94. The molecule has 0 aliphatic heterocycles. The number of rotatable bonds is 10. The number of hydrogen-bond acceptors (Lipinski definition) is 5. The van der Waals surface area contributed by atoms with Crippen molar-refractivity contribution in [1.82, 2.24) is 10.0 Å². The van der Waals surface area contributed by atoms with E-state index < -0.39 is 10.0 Å². The van der Waals surface area contributed by atoms with Crippen molar-refractivity contribution in [3.63, 3.8) is 0 Å². The molecule has 9 heteroatoms. The zero-order chi connectivity index (χ0) is 23.9. The molecule has 7 nitrogen and oxygen atoms in total. The van der Waals surface area contributed by atoms with Gasteiger partial charge in [-0.3, -0.25) is 4.79 Å². The number of ether oxygens (including phenoxy) is 2. The van der Waals surface area contributed by atoms with Crippen molar-refractivity contribution in [2.75, 3.05) is 20.8 Å². The maximum atomic E-state index is 13.3. The molecule has 1 unspecified atom stereocenters. The van der Waals surface area contributed by atoms with E-state index in [1.165, 1.54) is 44.6 Å². The van der Waals surface area contributed by atoms with Crippen molar-refractivity contribution in [3.8, 4) is 11.5 Å². The highest BCUT2D eigenvalue weighted by atomic mass is 32.2. The Labute approximate surface area is 189 Å². The lowest BCUT2D eigenvalue weighted by Gasteiger charge is -2.27. The van der Waals surface area contributed by atoms with Gasteiger partial charge in [-0.2, -0.15) is 0 Å². The van der Waals surface area contributed by atoms with Gasteiger partial charge >= 0.3 is 0 Å². The molecular formula is C23H31FN2O5S. The highest BCUT2D eigenvalue weighted by Gasteiger charge is 2.23. The molecule has 2 rings (SSSR count). The Morgan fingerprint density at radius 1 is 1.03 bits per heavy atom. The molecule has 1 atom stereocenters. The average Bonchev–Trinajstić information content (AvgIpc) is 2.72.